The van der Waals surface area contributed by atoms with Crippen molar-refractivity contribution < 1.29 is 0 Å². The molecule has 1 unspecified atom stereocenters. The highest BCUT2D eigenvalue weighted by Crippen LogP contribution is 2.16. The standard InChI is InChI=1S/C4H8N2S/c1-4(5)2-7-3-6-4/h3H,2,5H2,1H3. The monoisotopic (exact) mass is 116 g/mol. The summed E-state index contributed by atoms with van der Waals surface area (Å²) in [6, 6.07) is 0. The van der Waals surface area contributed by atoms with Crippen LogP contribution in [0.5, 0.6) is 0 Å². The Balaban J connectivity index is 2.57. The molecular formula is C4H8N2S. The Morgan fingerprint density at radius 2 is 2.71 bits per heavy atom. The molecule has 2 N–H and O–H groups in total. The highest BCUT2D eigenvalue weighted by atomic mass is 32.2. The minimum Gasteiger partial charge on any atom is -0.307 e. The molecule has 0 bridgehead atoms. The lowest BCUT2D eigenvalue weighted by molar-refractivity contribution is 0.572. The van der Waals surface area contributed by atoms with Crippen molar-refractivity contribution in [1.82, 2.24) is 0 Å². The molecule has 0 aromatic heterocycles. The van der Waals surface area contributed by atoms with E-state index in [4.69, 9.17) is 5.73 Å². The smallest absolute Gasteiger partial charge is 0.115 e. The van der Waals surface area contributed by atoms with Crippen molar-refractivity contribution in [2.75, 3.05) is 5.75 Å². The van der Waals surface area contributed by atoms with Crippen LogP contribution in [0.15, 0.2) is 4.99 Å². The summed E-state index contributed by atoms with van der Waals surface area (Å²) in [4.78, 5) is 3.98. The summed E-state index contributed by atoms with van der Waals surface area (Å²) in [5.41, 5.74) is 7.09. The first kappa shape index (κ1) is 5.12. The summed E-state index contributed by atoms with van der Waals surface area (Å²) in [5.74, 6) is 0.924. The van der Waals surface area contributed by atoms with Gasteiger partial charge >= 0.3 is 0 Å². The van der Waals surface area contributed by atoms with Crippen molar-refractivity contribution in [3.8, 4) is 0 Å². The van der Waals surface area contributed by atoms with Crippen LogP contribution in [0.25, 0.3) is 0 Å². The summed E-state index contributed by atoms with van der Waals surface area (Å²) < 4.78 is 0. The van der Waals surface area contributed by atoms with Gasteiger partial charge in [-0.25, -0.2) is 0 Å². The van der Waals surface area contributed by atoms with E-state index < -0.39 is 0 Å². The molecule has 0 aliphatic carbocycles. The van der Waals surface area contributed by atoms with Crippen molar-refractivity contribution in [2.24, 2.45) is 10.7 Å². The number of hydrogen-bond donors (Lipinski definition) is 1. The Morgan fingerprint density at radius 1 is 2.00 bits per heavy atom. The minimum absolute atomic E-state index is 0.273. The number of rotatable bonds is 0. The van der Waals surface area contributed by atoms with Gasteiger partial charge in [0.05, 0.1) is 5.55 Å². The maximum atomic E-state index is 5.56. The first-order valence-electron chi connectivity index (χ1n) is 2.15. The molecule has 7 heavy (non-hydrogen) atoms. The Labute approximate surface area is 47.2 Å². The fourth-order valence-corrected chi connectivity index (χ4v) is 1.20. The maximum Gasteiger partial charge on any atom is 0.115 e. The largest absolute Gasteiger partial charge is 0.307 e. The van der Waals surface area contributed by atoms with E-state index in [1.54, 1.807) is 17.3 Å². The van der Waals surface area contributed by atoms with Crippen LogP contribution in [0.4, 0.5) is 0 Å². The van der Waals surface area contributed by atoms with Crippen LogP contribution >= 0.6 is 11.8 Å². The molecule has 0 spiro atoms. The second-order valence-electron chi connectivity index (χ2n) is 1.90. The molecule has 0 aromatic rings. The Kier molecular flexibility index (Phi) is 1.09. The minimum atomic E-state index is -0.273. The third kappa shape index (κ3) is 1.17. The lowest BCUT2D eigenvalue weighted by Gasteiger charge is -2.09. The summed E-state index contributed by atoms with van der Waals surface area (Å²) in [6.45, 7) is 1.92. The van der Waals surface area contributed by atoms with Gasteiger partial charge in [0.1, 0.15) is 5.66 Å². The molecule has 0 fully saturated rings. The van der Waals surface area contributed by atoms with Gasteiger partial charge in [0.25, 0.3) is 0 Å². The molecule has 40 valence electrons. The number of hydrogen-bond acceptors (Lipinski definition) is 3. The molecule has 0 radical (unpaired) electrons. The predicted molar refractivity (Wildman–Crippen MR) is 33.5 cm³/mol. The molecule has 1 heterocycles. The van der Waals surface area contributed by atoms with E-state index >= 15 is 0 Å². The molecule has 3 heteroatoms. The fourth-order valence-electron chi connectivity index (χ4n) is 0.401. The summed E-state index contributed by atoms with van der Waals surface area (Å²) in [5, 5.41) is 0. The lowest BCUT2D eigenvalue weighted by Crippen LogP contribution is -2.33. The molecule has 0 aromatic carbocycles. The van der Waals surface area contributed by atoms with E-state index in [0.29, 0.717) is 0 Å². The molecule has 1 aliphatic heterocycles. The fraction of sp³-hybridized carbons (Fsp3) is 0.750. The predicted octanol–water partition coefficient (Wildman–Crippen LogP) is 0.436. The van der Waals surface area contributed by atoms with Gasteiger partial charge in [-0.05, 0) is 6.92 Å². The molecule has 1 atom stereocenters. The van der Waals surface area contributed by atoms with E-state index in [1.165, 1.54) is 0 Å². The molecule has 0 saturated carbocycles. The number of nitrogens with two attached hydrogens (primary N) is 1. The van der Waals surface area contributed by atoms with Crippen molar-refractivity contribution in [1.29, 1.82) is 0 Å². The van der Waals surface area contributed by atoms with Crippen molar-refractivity contribution in [3.63, 3.8) is 0 Å². The van der Waals surface area contributed by atoms with Crippen molar-refractivity contribution in [3.05, 3.63) is 0 Å². The zero-order valence-electron chi connectivity index (χ0n) is 4.22. The highest BCUT2D eigenvalue weighted by molar-refractivity contribution is 8.12. The molecular weight excluding hydrogens is 108 g/mol. The van der Waals surface area contributed by atoms with E-state index in [-0.39, 0.29) is 5.66 Å². The molecule has 0 saturated heterocycles. The van der Waals surface area contributed by atoms with Crippen LogP contribution in [0.2, 0.25) is 0 Å². The molecule has 2 nitrogen and oxygen atoms in total. The van der Waals surface area contributed by atoms with Gasteiger partial charge in [-0.2, -0.15) is 0 Å². The van der Waals surface area contributed by atoms with Crippen LogP contribution in [-0.4, -0.2) is 17.0 Å². The first-order chi connectivity index (χ1) is 3.21. The summed E-state index contributed by atoms with van der Waals surface area (Å²) in [7, 11) is 0. The number of nitrogens with zero attached hydrogens (tertiary/aromatic N) is 1. The summed E-state index contributed by atoms with van der Waals surface area (Å²) in [6.07, 6.45) is 0. The van der Waals surface area contributed by atoms with E-state index in [9.17, 15) is 0 Å². The van der Waals surface area contributed by atoms with Gasteiger partial charge in [-0.15, -0.1) is 11.8 Å². The first-order valence-corrected chi connectivity index (χ1v) is 3.20. The quantitative estimate of drug-likeness (QED) is 0.498. The maximum absolute atomic E-state index is 5.56. The molecule has 1 aliphatic rings. The van der Waals surface area contributed by atoms with E-state index in [1.807, 2.05) is 6.92 Å². The second-order valence-corrected chi connectivity index (χ2v) is 2.74. The zero-order chi connectivity index (χ0) is 5.33. The average molecular weight is 116 g/mol. The average Bonchev–Trinajstić information content (AvgIpc) is 1.84. The Morgan fingerprint density at radius 3 is 2.86 bits per heavy atom. The van der Waals surface area contributed by atoms with Crippen LogP contribution in [0.1, 0.15) is 6.92 Å². The van der Waals surface area contributed by atoms with Crippen LogP contribution in [0.3, 0.4) is 0 Å². The second kappa shape index (κ2) is 1.49. The van der Waals surface area contributed by atoms with E-state index in [0.717, 1.165) is 5.75 Å². The SMILES string of the molecule is CC1(N)CSC=N1. The molecule has 0 amide bonds. The van der Waals surface area contributed by atoms with Gasteiger partial charge in [0.2, 0.25) is 0 Å². The van der Waals surface area contributed by atoms with Gasteiger partial charge in [0.15, 0.2) is 0 Å². The summed E-state index contributed by atoms with van der Waals surface area (Å²) >= 11 is 1.66. The lowest BCUT2D eigenvalue weighted by atomic mass is 10.3. The Hall–Kier alpha value is -0.0200. The number of thioether (sulfide) groups is 1. The van der Waals surface area contributed by atoms with Crippen LogP contribution in [-0.2, 0) is 0 Å². The van der Waals surface area contributed by atoms with Gasteiger partial charge in [-0.3, -0.25) is 4.99 Å². The van der Waals surface area contributed by atoms with Crippen molar-refractivity contribution in [2.45, 2.75) is 12.6 Å². The Bertz CT molecular complexity index is 97.9. The number of aliphatic imine (C=N–C) groups is 1. The van der Waals surface area contributed by atoms with Gasteiger partial charge in [0, 0.05) is 5.75 Å². The zero-order valence-corrected chi connectivity index (χ0v) is 5.03. The molecule has 1 rings (SSSR count). The highest BCUT2D eigenvalue weighted by Gasteiger charge is 2.18. The van der Waals surface area contributed by atoms with Gasteiger partial charge in [-0.1, -0.05) is 0 Å². The normalized spacial score (nSPS) is 39.7. The van der Waals surface area contributed by atoms with Crippen molar-refractivity contribution >= 4 is 17.3 Å². The topological polar surface area (TPSA) is 38.4 Å². The van der Waals surface area contributed by atoms with Crippen LogP contribution < -0.4 is 5.73 Å². The van der Waals surface area contributed by atoms with Gasteiger partial charge < -0.3 is 5.73 Å². The third-order valence-electron chi connectivity index (χ3n) is 0.798. The van der Waals surface area contributed by atoms with E-state index in [2.05, 4.69) is 4.99 Å². The third-order valence-corrected chi connectivity index (χ3v) is 1.80. The van der Waals surface area contributed by atoms with Crippen LogP contribution in [0, 0.1) is 0 Å².